The highest BCUT2D eigenvalue weighted by atomic mass is 19.1. The summed E-state index contributed by atoms with van der Waals surface area (Å²) >= 11 is 0. The van der Waals surface area contributed by atoms with Gasteiger partial charge in [-0.3, -0.25) is 4.79 Å². The number of carbonyl (C=O) groups is 1. The molecule has 33 heavy (non-hydrogen) atoms. The van der Waals surface area contributed by atoms with Crippen LogP contribution >= 0.6 is 0 Å². The largest absolute Gasteiger partial charge is 0.383 e. The molecule has 1 fully saturated rings. The highest BCUT2D eigenvalue weighted by Gasteiger charge is 2.25. The van der Waals surface area contributed by atoms with Crippen LogP contribution in [0.1, 0.15) is 53.2 Å². The second kappa shape index (κ2) is 8.61. The SMILES string of the molecule is Nc1ncnc2c1c(C(=O)c1ccc(NCc3c(F)cccc3F)cc1)cn2C1CCCC1. The van der Waals surface area contributed by atoms with E-state index in [-0.39, 0.29) is 23.7 Å². The van der Waals surface area contributed by atoms with Gasteiger partial charge < -0.3 is 15.6 Å². The van der Waals surface area contributed by atoms with Crippen LogP contribution in [0.5, 0.6) is 0 Å². The maximum atomic E-state index is 13.8. The van der Waals surface area contributed by atoms with Gasteiger partial charge in [0.25, 0.3) is 0 Å². The van der Waals surface area contributed by atoms with Crippen molar-refractivity contribution >= 4 is 28.3 Å². The standard InChI is InChI=1S/C25H23F2N5O/c26-20-6-3-7-21(27)18(20)12-29-16-10-8-15(9-11-16)23(33)19-13-32(17-4-1-2-5-17)25-22(19)24(28)30-14-31-25/h3,6-11,13-14,17,29H,1-2,4-5,12H2,(H2,28,30,31). The van der Waals surface area contributed by atoms with Gasteiger partial charge in [-0.25, -0.2) is 18.7 Å². The molecule has 8 heteroatoms. The second-order valence-corrected chi connectivity index (χ2v) is 8.31. The smallest absolute Gasteiger partial charge is 0.195 e. The first-order chi connectivity index (χ1) is 16.0. The molecule has 0 amide bonds. The van der Waals surface area contributed by atoms with Crippen LogP contribution in [0.4, 0.5) is 20.3 Å². The summed E-state index contributed by atoms with van der Waals surface area (Å²) in [5, 5.41) is 3.57. The van der Waals surface area contributed by atoms with Gasteiger partial charge in [-0.1, -0.05) is 18.9 Å². The third-order valence-electron chi connectivity index (χ3n) is 6.28. The molecule has 1 aliphatic carbocycles. The summed E-state index contributed by atoms with van der Waals surface area (Å²) < 4.78 is 29.7. The molecule has 3 N–H and O–H groups in total. The monoisotopic (exact) mass is 447 g/mol. The lowest BCUT2D eigenvalue weighted by molar-refractivity contribution is 0.104. The average Bonchev–Trinajstić information content (AvgIpc) is 3.47. The number of nitrogens with one attached hydrogen (secondary N) is 1. The van der Waals surface area contributed by atoms with Crippen molar-refractivity contribution in [2.45, 2.75) is 38.3 Å². The first-order valence-corrected chi connectivity index (χ1v) is 11.0. The normalized spacial score (nSPS) is 14.1. The van der Waals surface area contributed by atoms with Gasteiger partial charge >= 0.3 is 0 Å². The zero-order valence-corrected chi connectivity index (χ0v) is 17.9. The maximum absolute atomic E-state index is 13.8. The summed E-state index contributed by atoms with van der Waals surface area (Å²) in [6.07, 6.45) is 7.67. The quantitative estimate of drug-likeness (QED) is 0.394. The molecule has 0 bridgehead atoms. The van der Waals surface area contributed by atoms with Gasteiger partial charge in [0, 0.05) is 35.6 Å². The number of fused-ring (bicyclic) bond motifs is 1. The fourth-order valence-corrected chi connectivity index (χ4v) is 4.53. The molecule has 2 aromatic heterocycles. The van der Waals surface area contributed by atoms with Crippen molar-refractivity contribution in [3.8, 4) is 0 Å². The molecule has 1 aliphatic rings. The van der Waals surface area contributed by atoms with Crippen LogP contribution in [-0.2, 0) is 6.54 Å². The van der Waals surface area contributed by atoms with Crippen molar-refractivity contribution in [2.24, 2.45) is 0 Å². The highest BCUT2D eigenvalue weighted by Crippen LogP contribution is 2.35. The second-order valence-electron chi connectivity index (χ2n) is 8.31. The molecule has 0 spiro atoms. The summed E-state index contributed by atoms with van der Waals surface area (Å²) in [5.41, 5.74) is 8.39. The van der Waals surface area contributed by atoms with Gasteiger partial charge in [0.1, 0.15) is 29.4 Å². The third-order valence-corrected chi connectivity index (χ3v) is 6.28. The fraction of sp³-hybridized carbons (Fsp3) is 0.240. The van der Waals surface area contributed by atoms with Gasteiger partial charge in [0.15, 0.2) is 5.78 Å². The van der Waals surface area contributed by atoms with E-state index in [9.17, 15) is 13.6 Å². The van der Waals surface area contributed by atoms with Gasteiger partial charge in [-0.15, -0.1) is 0 Å². The van der Waals surface area contributed by atoms with Crippen molar-refractivity contribution in [3.05, 3.63) is 83.3 Å². The Morgan fingerprint density at radius 1 is 1.06 bits per heavy atom. The van der Waals surface area contributed by atoms with E-state index in [4.69, 9.17) is 5.73 Å². The van der Waals surface area contributed by atoms with Crippen LogP contribution in [0, 0.1) is 11.6 Å². The molecule has 0 unspecified atom stereocenters. The number of nitrogens with two attached hydrogens (primary N) is 1. The Labute approximate surface area is 189 Å². The van der Waals surface area contributed by atoms with E-state index in [1.165, 1.54) is 24.5 Å². The number of hydrogen-bond acceptors (Lipinski definition) is 5. The Kier molecular flexibility index (Phi) is 5.50. The number of anilines is 2. The van der Waals surface area contributed by atoms with E-state index >= 15 is 0 Å². The van der Waals surface area contributed by atoms with Crippen LogP contribution < -0.4 is 11.1 Å². The molecule has 0 saturated heterocycles. The Hall–Kier alpha value is -3.81. The molecular weight excluding hydrogens is 424 g/mol. The van der Waals surface area contributed by atoms with Crippen LogP contribution in [0.3, 0.4) is 0 Å². The first-order valence-electron chi connectivity index (χ1n) is 11.0. The average molecular weight is 447 g/mol. The number of hydrogen-bond donors (Lipinski definition) is 2. The highest BCUT2D eigenvalue weighted by molar-refractivity contribution is 6.18. The minimum absolute atomic E-state index is 0.00541. The first kappa shape index (κ1) is 21.1. The predicted molar refractivity (Wildman–Crippen MR) is 123 cm³/mol. The summed E-state index contributed by atoms with van der Waals surface area (Å²) in [4.78, 5) is 21.9. The molecule has 168 valence electrons. The Balaban J connectivity index is 1.41. The minimum atomic E-state index is -0.604. The Bertz CT molecular complexity index is 1310. The molecule has 4 aromatic rings. The number of nitrogen functional groups attached to an aromatic ring is 1. The molecule has 2 aromatic carbocycles. The van der Waals surface area contributed by atoms with Crippen molar-refractivity contribution in [2.75, 3.05) is 11.1 Å². The van der Waals surface area contributed by atoms with Crippen LogP contribution in [0.25, 0.3) is 11.0 Å². The van der Waals surface area contributed by atoms with Crippen molar-refractivity contribution < 1.29 is 13.6 Å². The molecule has 5 rings (SSSR count). The van der Waals surface area contributed by atoms with E-state index in [0.717, 1.165) is 25.7 Å². The predicted octanol–water partition coefficient (Wildman–Crippen LogP) is 5.25. The number of carbonyl (C=O) groups excluding carboxylic acids is 1. The van der Waals surface area contributed by atoms with Crippen molar-refractivity contribution in [3.63, 3.8) is 0 Å². The number of halogens is 2. The van der Waals surface area contributed by atoms with E-state index in [1.54, 1.807) is 24.3 Å². The Morgan fingerprint density at radius 2 is 1.76 bits per heavy atom. The molecule has 2 heterocycles. The number of nitrogens with zero attached hydrogens (tertiary/aromatic N) is 3. The topological polar surface area (TPSA) is 85.8 Å². The zero-order valence-electron chi connectivity index (χ0n) is 17.9. The molecule has 0 atom stereocenters. The summed E-state index contributed by atoms with van der Waals surface area (Å²) in [7, 11) is 0. The number of benzene rings is 2. The zero-order chi connectivity index (χ0) is 22.9. The number of aromatic nitrogens is 3. The summed E-state index contributed by atoms with van der Waals surface area (Å²) in [6.45, 7) is -0.00541. The van der Waals surface area contributed by atoms with Gasteiger partial charge in [0.2, 0.25) is 0 Å². The number of ketones is 1. The van der Waals surface area contributed by atoms with Gasteiger partial charge in [0.05, 0.1) is 10.9 Å². The fourth-order valence-electron chi connectivity index (χ4n) is 4.53. The Morgan fingerprint density at radius 3 is 2.45 bits per heavy atom. The third kappa shape index (κ3) is 3.92. The lowest BCUT2D eigenvalue weighted by Crippen LogP contribution is -2.06. The molecule has 0 aliphatic heterocycles. The van der Waals surface area contributed by atoms with Gasteiger partial charge in [-0.2, -0.15) is 0 Å². The molecule has 6 nitrogen and oxygen atoms in total. The molecule has 0 radical (unpaired) electrons. The van der Waals surface area contributed by atoms with Crippen molar-refractivity contribution in [1.29, 1.82) is 0 Å². The van der Waals surface area contributed by atoms with E-state index in [1.807, 2.05) is 6.20 Å². The van der Waals surface area contributed by atoms with Crippen molar-refractivity contribution in [1.82, 2.24) is 14.5 Å². The van der Waals surface area contributed by atoms with E-state index in [2.05, 4.69) is 19.9 Å². The minimum Gasteiger partial charge on any atom is -0.383 e. The van der Waals surface area contributed by atoms with Crippen LogP contribution in [-0.4, -0.2) is 20.3 Å². The lowest BCUT2D eigenvalue weighted by Gasteiger charge is -2.12. The number of rotatable bonds is 6. The van der Waals surface area contributed by atoms with Gasteiger partial charge in [-0.05, 0) is 49.2 Å². The molecular formula is C25H23F2N5O. The molecule has 1 saturated carbocycles. The van der Waals surface area contributed by atoms with E-state index < -0.39 is 11.6 Å². The van der Waals surface area contributed by atoms with Crippen LogP contribution in [0.2, 0.25) is 0 Å². The lowest BCUT2D eigenvalue weighted by atomic mass is 10.0. The van der Waals surface area contributed by atoms with Crippen LogP contribution in [0.15, 0.2) is 55.0 Å². The maximum Gasteiger partial charge on any atom is 0.195 e. The summed E-state index contributed by atoms with van der Waals surface area (Å²) in [6, 6.07) is 10.9. The van der Waals surface area contributed by atoms with E-state index in [0.29, 0.717) is 33.9 Å². The summed E-state index contributed by atoms with van der Waals surface area (Å²) in [5.74, 6) is -1.10.